The summed E-state index contributed by atoms with van der Waals surface area (Å²) in [6.45, 7) is 10.7. The van der Waals surface area contributed by atoms with Gasteiger partial charge in [0.25, 0.3) is 0 Å². The number of hydrogen-bond donors (Lipinski definition) is 1. The maximum Gasteiger partial charge on any atom is 0.310 e. The van der Waals surface area contributed by atoms with E-state index in [1.807, 2.05) is 6.92 Å². The lowest BCUT2D eigenvalue weighted by Gasteiger charge is -2.46. The van der Waals surface area contributed by atoms with E-state index in [-0.39, 0.29) is 0 Å². The van der Waals surface area contributed by atoms with Crippen molar-refractivity contribution in [3.05, 3.63) is 0 Å². The molecule has 4 nitrogen and oxygen atoms in total. The molecule has 116 valence electrons. The quantitative estimate of drug-likeness (QED) is 0.860. The number of carboxylic acids is 1. The minimum atomic E-state index is -0.593. The number of nitrogens with zero attached hydrogens (tertiary/aromatic N) is 2. The van der Waals surface area contributed by atoms with Gasteiger partial charge in [-0.05, 0) is 65.6 Å². The number of aliphatic carboxylic acids is 1. The maximum atomic E-state index is 11.6. The lowest BCUT2D eigenvalue weighted by molar-refractivity contribution is -0.153. The number of likely N-dealkylation sites (tertiary alicyclic amines) is 2. The van der Waals surface area contributed by atoms with E-state index >= 15 is 0 Å². The Morgan fingerprint density at radius 1 is 1.30 bits per heavy atom. The second-order valence-corrected chi connectivity index (χ2v) is 6.87. The van der Waals surface area contributed by atoms with Crippen molar-refractivity contribution in [3.8, 4) is 0 Å². The zero-order valence-electron chi connectivity index (χ0n) is 13.3. The lowest BCUT2D eigenvalue weighted by atomic mass is 9.77. The van der Waals surface area contributed by atoms with Crippen molar-refractivity contribution in [2.24, 2.45) is 5.41 Å². The molecule has 0 aliphatic carbocycles. The first-order valence-electron chi connectivity index (χ1n) is 8.20. The highest BCUT2D eigenvalue weighted by Gasteiger charge is 2.42. The minimum absolute atomic E-state index is 0.493. The Balaban J connectivity index is 1.95. The van der Waals surface area contributed by atoms with E-state index in [0.717, 1.165) is 45.4 Å². The second kappa shape index (κ2) is 6.44. The molecule has 4 heteroatoms. The van der Waals surface area contributed by atoms with Crippen LogP contribution in [0.3, 0.4) is 0 Å². The average Bonchev–Trinajstić information content (AvgIpc) is 2.47. The van der Waals surface area contributed by atoms with Gasteiger partial charge in [0.05, 0.1) is 5.41 Å². The summed E-state index contributed by atoms with van der Waals surface area (Å²) in [7, 11) is 0. The molecule has 2 rings (SSSR count). The van der Waals surface area contributed by atoms with Gasteiger partial charge in [-0.2, -0.15) is 0 Å². The van der Waals surface area contributed by atoms with Crippen molar-refractivity contribution >= 4 is 5.97 Å². The van der Waals surface area contributed by atoms with Crippen LogP contribution >= 0.6 is 0 Å². The van der Waals surface area contributed by atoms with Gasteiger partial charge in [-0.15, -0.1) is 0 Å². The Morgan fingerprint density at radius 3 is 2.45 bits per heavy atom. The average molecular weight is 282 g/mol. The lowest BCUT2D eigenvalue weighted by Crippen LogP contribution is -2.54. The van der Waals surface area contributed by atoms with Gasteiger partial charge in [0.1, 0.15) is 0 Å². The molecule has 0 aromatic carbocycles. The molecule has 0 saturated carbocycles. The van der Waals surface area contributed by atoms with E-state index in [9.17, 15) is 9.90 Å². The molecule has 1 atom stereocenters. The van der Waals surface area contributed by atoms with Gasteiger partial charge < -0.3 is 10.0 Å². The summed E-state index contributed by atoms with van der Waals surface area (Å²) in [5, 5.41) is 9.58. The minimum Gasteiger partial charge on any atom is -0.481 e. The van der Waals surface area contributed by atoms with E-state index in [0.29, 0.717) is 12.1 Å². The highest BCUT2D eigenvalue weighted by atomic mass is 16.4. The van der Waals surface area contributed by atoms with Crippen molar-refractivity contribution in [1.82, 2.24) is 9.80 Å². The van der Waals surface area contributed by atoms with Crippen molar-refractivity contribution in [2.45, 2.75) is 65.0 Å². The maximum absolute atomic E-state index is 11.6. The summed E-state index contributed by atoms with van der Waals surface area (Å²) in [6.07, 6.45) is 5.02. The second-order valence-electron chi connectivity index (χ2n) is 6.87. The summed E-state index contributed by atoms with van der Waals surface area (Å²) in [5.74, 6) is -0.593. The molecular weight excluding hydrogens is 252 g/mol. The third-order valence-electron chi connectivity index (χ3n) is 5.48. The van der Waals surface area contributed by atoms with Crippen molar-refractivity contribution in [3.63, 3.8) is 0 Å². The van der Waals surface area contributed by atoms with Crippen molar-refractivity contribution in [1.29, 1.82) is 0 Å². The summed E-state index contributed by atoms with van der Waals surface area (Å²) >= 11 is 0. The largest absolute Gasteiger partial charge is 0.481 e. The molecule has 1 unspecified atom stereocenters. The first-order valence-corrected chi connectivity index (χ1v) is 8.20. The molecule has 0 radical (unpaired) electrons. The van der Waals surface area contributed by atoms with Gasteiger partial charge in [-0.1, -0.05) is 6.92 Å². The highest BCUT2D eigenvalue weighted by molar-refractivity contribution is 5.75. The molecule has 0 aromatic rings. The van der Waals surface area contributed by atoms with Crippen LogP contribution in [-0.2, 0) is 4.79 Å². The van der Waals surface area contributed by atoms with E-state index < -0.39 is 11.4 Å². The molecule has 2 saturated heterocycles. The van der Waals surface area contributed by atoms with Crippen LogP contribution in [0, 0.1) is 5.41 Å². The Morgan fingerprint density at radius 2 is 1.95 bits per heavy atom. The molecule has 1 N–H and O–H groups in total. The molecule has 0 amide bonds. The predicted molar refractivity (Wildman–Crippen MR) is 80.9 cm³/mol. The van der Waals surface area contributed by atoms with Crippen LogP contribution in [0.2, 0.25) is 0 Å². The van der Waals surface area contributed by atoms with Gasteiger partial charge in [0.2, 0.25) is 0 Å². The molecule has 2 fully saturated rings. The first kappa shape index (κ1) is 15.8. The molecule has 2 heterocycles. The van der Waals surface area contributed by atoms with Crippen LogP contribution in [0.4, 0.5) is 0 Å². The fourth-order valence-electron chi connectivity index (χ4n) is 3.86. The summed E-state index contributed by atoms with van der Waals surface area (Å²) in [4.78, 5) is 16.6. The van der Waals surface area contributed by atoms with Crippen LogP contribution < -0.4 is 0 Å². The third kappa shape index (κ3) is 3.17. The summed E-state index contributed by atoms with van der Waals surface area (Å²) in [6, 6.07) is 1.22. The molecular formula is C16H30N2O2. The first-order chi connectivity index (χ1) is 9.48. The molecule has 0 spiro atoms. The zero-order valence-corrected chi connectivity index (χ0v) is 13.3. The molecule has 0 bridgehead atoms. The number of carboxylic acid groups (broad SMARTS) is 1. The van der Waals surface area contributed by atoms with Crippen molar-refractivity contribution < 1.29 is 9.90 Å². The van der Waals surface area contributed by atoms with Crippen LogP contribution in [0.15, 0.2) is 0 Å². The third-order valence-corrected chi connectivity index (χ3v) is 5.48. The van der Waals surface area contributed by atoms with Crippen LogP contribution in [0.25, 0.3) is 0 Å². The molecule has 2 aliphatic rings. The Hall–Kier alpha value is -0.610. The van der Waals surface area contributed by atoms with Crippen LogP contribution in [0.1, 0.15) is 52.9 Å². The van der Waals surface area contributed by atoms with E-state index in [2.05, 4.69) is 23.6 Å². The fraction of sp³-hybridized carbons (Fsp3) is 0.938. The summed E-state index contributed by atoms with van der Waals surface area (Å²) in [5.41, 5.74) is -0.493. The number of rotatable bonds is 4. The topological polar surface area (TPSA) is 43.8 Å². The van der Waals surface area contributed by atoms with Gasteiger partial charge in [0.15, 0.2) is 0 Å². The Labute approximate surface area is 123 Å². The Kier molecular flexibility index (Phi) is 5.08. The van der Waals surface area contributed by atoms with E-state index in [1.165, 1.54) is 12.8 Å². The molecule has 0 aromatic heterocycles. The fourth-order valence-corrected chi connectivity index (χ4v) is 3.86. The number of carbonyl (C=O) groups is 1. The van der Waals surface area contributed by atoms with Crippen molar-refractivity contribution in [2.75, 3.05) is 26.2 Å². The zero-order chi connectivity index (χ0) is 14.8. The SMILES string of the molecule is CCC1(C(=O)O)CCCN(C2CCN(C(C)C)CC2)C1. The predicted octanol–water partition coefficient (Wildman–Crippen LogP) is 2.44. The normalized spacial score (nSPS) is 30.8. The smallest absolute Gasteiger partial charge is 0.310 e. The monoisotopic (exact) mass is 282 g/mol. The van der Waals surface area contributed by atoms with Crippen LogP contribution in [-0.4, -0.2) is 59.1 Å². The van der Waals surface area contributed by atoms with E-state index in [1.54, 1.807) is 0 Å². The summed E-state index contributed by atoms with van der Waals surface area (Å²) < 4.78 is 0. The van der Waals surface area contributed by atoms with Gasteiger partial charge in [0, 0.05) is 18.6 Å². The Bertz CT molecular complexity index is 337. The standard InChI is InChI=1S/C16H30N2O2/c1-4-16(15(19)20)8-5-9-18(12-16)14-6-10-17(11-7-14)13(2)3/h13-14H,4-12H2,1-3H3,(H,19,20). The number of hydrogen-bond acceptors (Lipinski definition) is 3. The van der Waals surface area contributed by atoms with E-state index in [4.69, 9.17) is 0 Å². The van der Waals surface area contributed by atoms with Gasteiger partial charge in [-0.25, -0.2) is 0 Å². The van der Waals surface area contributed by atoms with Gasteiger partial charge in [-0.3, -0.25) is 9.69 Å². The molecule has 20 heavy (non-hydrogen) atoms. The highest BCUT2D eigenvalue weighted by Crippen LogP contribution is 2.35. The van der Waals surface area contributed by atoms with Crippen LogP contribution in [0.5, 0.6) is 0 Å². The molecule has 2 aliphatic heterocycles. The number of piperidine rings is 2. The van der Waals surface area contributed by atoms with Gasteiger partial charge >= 0.3 is 5.97 Å².